The number of rotatable bonds is 11. The van der Waals surface area contributed by atoms with E-state index in [1.807, 2.05) is 44.2 Å². The topological polar surface area (TPSA) is 86.8 Å². The number of halogens is 2. The molecule has 0 spiro atoms. The van der Waals surface area contributed by atoms with Gasteiger partial charge in [-0.2, -0.15) is 0 Å². The van der Waals surface area contributed by atoms with Crippen LogP contribution in [0.5, 0.6) is 0 Å². The summed E-state index contributed by atoms with van der Waals surface area (Å²) in [5.74, 6) is -0.874. The monoisotopic (exact) mass is 575 g/mol. The fourth-order valence-electron chi connectivity index (χ4n) is 3.89. The molecule has 38 heavy (non-hydrogen) atoms. The smallest absolute Gasteiger partial charge is 0.264 e. The van der Waals surface area contributed by atoms with Gasteiger partial charge in [-0.05, 0) is 63.1 Å². The molecule has 0 radical (unpaired) electrons. The molecule has 0 saturated heterocycles. The summed E-state index contributed by atoms with van der Waals surface area (Å²) in [6, 6.07) is 20.8. The standard InChI is InChI=1S/C28H31Cl2N3O4S/c1-20(2)31-28(35)21(3)32(17-16-22-10-6-4-7-11-22)27(34)19-33(26-15-14-23(29)18-25(26)30)38(36,37)24-12-8-5-9-13-24/h4-15,18,20-21H,16-17,19H2,1-3H3,(H,31,35)/t21-/m0/s1. The molecule has 10 heteroatoms. The first-order valence-electron chi connectivity index (χ1n) is 12.2. The molecule has 0 bridgehead atoms. The van der Waals surface area contributed by atoms with E-state index in [4.69, 9.17) is 23.2 Å². The molecule has 0 aliphatic rings. The van der Waals surface area contributed by atoms with Gasteiger partial charge in [0.25, 0.3) is 10.0 Å². The number of hydrogen-bond acceptors (Lipinski definition) is 4. The number of sulfonamides is 1. The second kappa shape index (κ2) is 13.1. The van der Waals surface area contributed by atoms with Crippen molar-refractivity contribution in [2.24, 2.45) is 0 Å². The summed E-state index contributed by atoms with van der Waals surface area (Å²) in [6.45, 7) is 4.94. The van der Waals surface area contributed by atoms with Crippen LogP contribution in [0.2, 0.25) is 10.0 Å². The van der Waals surface area contributed by atoms with Crippen molar-refractivity contribution in [3.05, 3.63) is 94.5 Å². The molecule has 0 aliphatic carbocycles. The van der Waals surface area contributed by atoms with Gasteiger partial charge in [0.2, 0.25) is 11.8 Å². The summed E-state index contributed by atoms with van der Waals surface area (Å²) in [5.41, 5.74) is 1.09. The minimum Gasteiger partial charge on any atom is -0.352 e. The Balaban J connectivity index is 2.00. The van der Waals surface area contributed by atoms with Crippen LogP contribution in [0, 0.1) is 0 Å². The van der Waals surface area contributed by atoms with Crippen molar-refractivity contribution in [2.75, 3.05) is 17.4 Å². The van der Waals surface area contributed by atoms with E-state index in [9.17, 15) is 18.0 Å². The highest BCUT2D eigenvalue weighted by Gasteiger charge is 2.33. The molecule has 0 fully saturated rings. The summed E-state index contributed by atoms with van der Waals surface area (Å²) in [4.78, 5) is 28.1. The molecule has 202 valence electrons. The largest absolute Gasteiger partial charge is 0.352 e. The maximum absolute atomic E-state index is 13.8. The predicted molar refractivity (Wildman–Crippen MR) is 152 cm³/mol. The average molecular weight is 577 g/mol. The number of anilines is 1. The molecule has 0 aliphatic heterocycles. The van der Waals surface area contributed by atoms with Crippen LogP contribution in [0.15, 0.2) is 83.8 Å². The Kier molecular flexibility index (Phi) is 10.2. The predicted octanol–water partition coefficient (Wildman–Crippen LogP) is 5.17. The van der Waals surface area contributed by atoms with Crippen molar-refractivity contribution < 1.29 is 18.0 Å². The molecular weight excluding hydrogens is 545 g/mol. The first kappa shape index (κ1) is 29.5. The lowest BCUT2D eigenvalue weighted by atomic mass is 10.1. The number of nitrogens with zero attached hydrogens (tertiary/aromatic N) is 2. The van der Waals surface area contributed by atoms with Crippen molar-refractivity contribution in [3.8, 4) is 0 Å². The third-order valence-electron chi connectivity index (χ3n) is 5.87. The molecule has 3 aromatic rings. The average Bonchev–Trinajstić information content (AvgIpc) is 2.88. The summed E-state index contributed by atoms with van der Waals surface area (Å²) in [7, 11) is -4.19. The number of amides is 2. The van der Waals surface area contributed by atoms with E-state index in [0.29, 0.717) is 11.4 Å². The van der Waals surface area contributed by atoms with Gasteiger partial charge in [0, 0.05) is 17.6 Å². The van der Waals surface area contributed by atoms with Gasteiger partial charge in [0.1, 0.15) is 12.6 Å². The highest BCUT2D eigenvalue weighted by molar-refractivity contribution is 7.92. The fourth-order valence-corrected chi connectivity index (χ4v) is 5.91. The third kappa shape index (κ3) is 7.49. The van der Waals surface area contributed by atoms with E-state index < -0.39 is 28.5 Å². The lowest BCUT2D eigenvalue weighted by Crippen LogP contribution is -2.53. The number of nitrogens with one attached hydrogen (secondary N) is 1. The molecule has 2 amide bonds. The van der Waals surface area contributed by atoms with E-state index in [-0.39, 0.29) is 34.1 Å². The van der Waals surface area contributed by atoms with Crippen LogP contribution in [0.25, 0.3) is 0 Å². The molecule has 0 aromatic heterocycles. The van der Waals surface area contributed by atoms with Crippen molar-refractivity contribution >= 4 is 50.7 Å². The first-order chi connectivity index (χ1) is 18.0. The van der Waals surface area contributed by atoms with Crippen LogP contribution in [0.4, 0.5) is 5.69 Å². The summed E-state index contributed by atoms with van der Waals surface area (Å²) >= 11 is 12.5. The zero-order chi connectivity index (χ0) is 27.9. The summed E-state index contributed by atoms with van der Waals surface area (Å²) < 4.78 is 28.4. The first-order valence-corrected chi connectivity index (χ1v) is 14.4. The van der Waals surface area contributed by atoms with Gasteiger partial charge in [0.05, 0.1) is 15.6 Å². The van der Waals surface area contributed by atoms with Gasteiger partial charge in [-0.1, -0.05) is 71.7 Å². The summed E-state index contributed by atoms with van der Waals surface area (Å²) in [6.07, 6.45) is 0.485. The van der Waals surface area contributed by atoms with Crippen LogP contribution < -0.4 is 9.62 Å². The van der Waals surface area contributed by atoms with E-state index in [0.717, 1.165) is 9.87 Å². The van der Waals surface area contributed by atoms with Crippen LogP contribution in [0.1, 0.15) is 26.3 Å². The van der Waals surface area contributed by atoms with Gasteiger partial charge in [-0.15, -0.1) is 0 Å². The Labute approximate surface area is 234 Å². The number of carbonyl (C=O) groups is 2. The minimum absolute atomic E-state index is 0.000233. The Morgan fingerprint density at radius 3 is 2.08 bits per heavy atom. The molecular formula is C28H31Cl2N3O4S. The van der Waals surface area contributed by atoms with Crippen molar-refractivity contribution in [2.45, 2.75) is 44.2 Å². The highest BCUT2D eigenvalue weighted by Crippen LogP contribution is 2.32. The Morgan fingerprint density at radius 2 is 1.50 bits per heavy atom. The van der Waals surface area contributed by atoms with Gasteiger partial charge in [-0.25, -0.2) is 8.42 Å². The Bertz CT molecular complexity index is 1350. The highest BCUT2D eigenvalue weighted by atomic mass is 35.5. The SMILES string of the molecule is CC(C)NC(=O)[C@H](C)N(CCc1ccccc1)C(=O)CN(c1ccc(Cl)cc1Cl)S(=O)(=O)c1ccccc1. The van der Waals surface area contributed by atoms with Gasteiger partial charge >= 0.3 is 0 Å². The molecule has 1 atom stereocenters. The molecule has 3 rings (SSSR count). The molecule has 1 N–H and O–H groups in total. The van der Waals surface area contributed by atoms with Crippen LogP contribution in [-0.2, 0) is 26.0 Å². The Morgan fingerprint density at radius 1 is 0.895 bits per heavy atom. The van der Waals surface area contributed by atoms with Gasteiger partial charge in [0.15, 0.2) is 0 Å². The number of benzene rings is 3. The second-order valence-corrected chi connectivity index (χ2v) is 11.8. The fraction of sp³-hybridized carbons (Fsp3) is 0.286. The van der Waals surface area contributed by atoms with Gasteiger partial charge in [-0.3, -0.25) is 13.9 Å². The lowest BCUT2D eigenvalue weighted by Gasteiger charge is -2.32. The quantitative estimate of drug-likeness (QED) is 0.341. The minimum atomic E-state index is -4.19. The zero-order valence-corrected chi connectivity index (χ0v) is 23.8. The van der Waals surface area contributed by atoms with Crippen molar-refractivity contribution in [3.63, 3.8) is 0 Å². The normalized spacial score (nSPS) is 12.2. The van der Waals surface area contributed by atoms with E-state index in [1.54, 1.807) is 25.1 Å². The maximum atomic E-state index is 13.8. The molecule has 0 unspecified atom stereocenters. The molecule has 3 aromatic carbocycles. The van der Waals surface area contributed by atoms with Gasteiger partial charge < -0.3 is 10.2 Å². The van der Waals surface area contributed by atoms with Crippen LogP contribution in [0.3, 0.4) is 0 Å². The number of carbonyl (C=O) groups excluding carboxylic acids is 2. The van der Waals surface area contributed by atoms with E-state index in [2.05, 4.69) is 5.32 Å². The van der Waals surface area contributed by atoms with Crippen molar-refractivity contribution in [1.82, 2.24) is 10.2 Å². The molecule has 7 nitrogen and oxygen atoms in total. The maximum Gasteiger partial charge on any atom is 0.264 e. The van der Waals surface area contributed by atoms with Crippen LogP contribution in [-0.4, -0.2) is 50.3 Å². The molecule has 0 saturated carbocycles. The lowest BCUT2D eigenvalue weighted by molar-refractivity contribution is -0.139. The zero-order valence-electron chi connectivity index (χ0n) is 21.5. The van der Waals surface area contributed by atoms with Crippen molar-refractivity contribution in [1.29, 1.82) is 0 Å². The second-order valence-electron chi connectivity index (χ2n) is 9.08. The summed E-state index contributed by atoms with van der Waals surface area (Å²) in [5, 5.41) is 3.23. The third-order valence-corrected chi connectivity index (χ3v) is 8.18. The van der Waals surface area contributed by atoms with Crippen LogP contribution >= 0.6 is 23.2 Å². The van der Waals surface area contributed by atoms with E-state index in [1.165, 1.54) is 35.2 Å². The molecule has 0 heterocycles. The van der Waals surface area contributed by atoms with E-state index >= 15 is 0 Å². The number of hydrogen-bond donors (Lipinski definition) is 1. The Hall–Kier alpha value is -3.07.